The van der Waals surface area contributed by atoms with E-state index < -0.39 is 0 Å². The number of aromatic amines is 1. The van der Waals surface area contributed by atoms with Crippen LogP contribution in [0.5, 0.6) is 0 Å². The van der Waals surface area contributed by atoms with Crippen molar-refractivity contribution >= 4 is 46.7 Å². The van der Waals surface area contributed by atoms with Crippen LogP contribution in [0.4, 0.5) is 0 Å². The van der Waals surface area contributed by atoms with Gasteiger partial charge in [0.15, 0.2) is 0 Å². The van der Waals surface area contributed by atoms with Gasteiger partial charge in [0.05, 0.1) is 10.5 Å². The SMILES string of the molecule is CSc1c(Cl)ccc2c3c([nH]c12)CCNC3.Cl. The van der Waals surface area contributed by atoms with Crippen molar-refractivity contribution in [1.82, 2.24) is 10.3 Å². The Morgan fingerprint density at radius 1 is 1.35 bits per heavy atom. The van der Waals surface area contributed by atoms with Gasteiger partial charge < -0.3 is 10.3 Å². The molecule has 0 atom stereocenters. The van der Waals surface area contributed by atoms with E-state index in [4.69, 9.17) is 11.6 Å². The zero-order chi connectivity index (χ0) is 11.1. The highest BCUT2D eigenvalue weighted by atomic mass is 35.5. The van der Waals surface area contributed by atoms with Crippen LogP contribution in [0.15, 0.2) is 17.0 Å². The quantitative estimate of drug-likeness (QED) is 0.785. The molecular formula is C12H14Cl2N2S. The van der Waals surface area contributed by atoms with Gasteiger partial charge in [-0.05, 0) is 17.9 Å². The summed E-state index contributed by atoms with van der Waals surface area (Å²) in [5.74, 6) is 0. The van der Waals surface area contributed by atoms with Crippen molar-refractivity contribution in [2.24, 2.45) is 0 Å². The Morgan fingerprint density at radius 3 is 2.94 bits per heavy atom. The largest absolute Gasteiger partial charge is 0.357 e. The zero-order valence-corrected chi connectivity index (χ0v) is 11.9. The van der Waals surface area contributed by atoms with Crippen LogP contribution in [-0.2, 0) is 13.0 Å². The minimum Gasteiger partial charge on any atom is -0.357 e. The normalized spacial score (nSPS) is 14.5. The highest BCUT2D eigenvalue weighted by Gasteiger charge is 2.17. The Balaban J connectivity index is 0.00000108. The van der Waals surface area contributed by atoms with Crippen molar-refractivity contribution in [3.05, 3.63) is 28.4 Å². The molecule has 0 spiro atoms. The highest BCUT2D eigenvalue weighted by Crippen LogP contribution is 2.36. The maximum Gasteiger partial charge on any atom is 0.0612 e. The summed E-state index contributed by atoms with van der Waals surface area (Å²) in [7, 11) is 0. The Hall–Kier alpha value is -0.350. The first-order valence-electron chi connectivity index (χ1n) is 5.38. The van der Waals surface area contributed by atoms with Crippen molar-refractivity contribution < 1.29 is 0 Å². The Labute approximate surface area is 116 Å². The predicted molar refractivity (Wildman–Crippen MR) is 77.7 cm³/mol. The summed E-state index contributed by atoms with van der Waals surface area (Å²) in [5.41, 5.74) is 3.98. The van der Waals surface area contributed by atoms with Crippen LogP contribution in [0.3, 0.4) is 0 Å². The van der Waals surface area contributed by atoms with Gasteiger partial charge in [-0.25, -0.2) is 0 Å². The van der Waals surface area contributed by atoms with Crippen molar-refractivity contribution in [2.75, 3.05) is 12.8 Å². The Morgan fingerprint density at radius 2 is 2.18 bits per heavy atom. The molecule has 1 aromatic heterocycles. The van der Waals surface area contributed by atoms with Gasteiger partial charge in [-0.2, -0.15) is 0 Å². The third-order valence-electron chi connectivity index (χ3n) is 3.13. The second kappa shape index (κ2) is 5.11. The minimum atomic E-state index is 0. The van der Waals surface area contributed by atoms with Crippen LogP contribution in [0.1, 0.15) is 11.3 Å². The molecule has 0 amide bonds. The standard InChI is InChI=1S/C12H13ClN2S.ClH/c1-16-12-9(13)3-2-7-8-6-14-5-4-10(8)15-11(7)12;/h2-3,14-15H,4-6H2,1H3;1H. The number of thioether (sulfide) groups is 1. The number of nitrogens with one attached hydrogen (secondary N) is 2. The molecule has 0 bridgehead atoms. The summed E-state index contributed by atoms with van der Waals surface area (Å²) in [6.45, 7) is 2.02. The summed E-state index contributed by atoms with van der Waals surface area (Å²) in [6.07, 6.45) is 3.15. The van der Waals surface area contributed by atoms with Gasteiger partial charge in [0.2, 0.25) is 0 Å². The molecule has 2 nitrogen and oxygen atoms in total. The van der Waals surface area contributed by atoms with Gasteiger partial charge in [-0.1, -0.05) is 17.7 Å². The maximum absolute atomic E-state index is 6.21. The van der Waals surface area contributed by atoms with E-state index in [9.17, 15) is 0 Å². The van der Waals surface area contributed by atoms with Gasteiger partial charge >= 0.3 is 0 Å². The lowest BCUT2D eigenvalue weighted by atomic mass is 10.1. The molecule has 1 aliphatic rings. The Bertz CT molecular complexity index is 551. The molecule has 0 unspecified atom stereocenters. The number of H-pyrrole nitrogens is 1. The van der Waals surface area contributed by atoms with E-state index in [1.807, 2.05) is 6.07 Å². The molecule has 5 heteroatoms. The Kier molecular flexibility index (Phi) is 3.93. The van der Waals surface area contributed by atoms with Crippen molar-refractivity contribution in [2.45, 2.75) is 17.9 Å². The molecule has 1 aromatic carbocycles. The number of aromatic nitrogens is 1. The predicted octanol–water partition coefficient (Wildman–Crippen LogP) is 3.61. The first-order valence-corrected chi connectivity index (χ1v) is 6.98. The van der Waals surface area contributed by atoms with Gasteiger partial charge in [0.25, 0.3) is 0 Å². The average molecular weight is 289 g/mol. The van der Waals surface area contributed by atoms with Gasteiger partial charge in [0.1, 0.15) is 0 Å². The molecule has 1 aliphatic heterocycles. The second-order valence-electron chi connectivity index (χ2n) is 4.01. The molecule has 3 rings (SSSR count). The number of hydrogen-bond donors (Lipinski definition) is 2. The van der Waals surface area contributed by atoms with E-state index in [0.29, 0.717) is 0 Å². The molecule has 2 N–H and O–H groups in total. The van der Waals surface area contributed by atoms with Crippen LogP contribution in [-0.4, -0.2) is 17.8 Å². The van der Waals surface area contributed by atoms with E-state index in [2.05, 4.69) is 22.6 Å². The van der Waals surface area contributed by atoms with E-state index >= 15 is 0 Å². The lowest BCUT2D eigenvalue weighted by Gasteiger charge is -2.12. The monoisotopic (exact) mass is 288 g/mol. The van der Waals surface area contributed by atoms with E-state index in [1.54, 1.807) is 11.8 Å². The molecule has 0 aliphatic carbocycles. The van der Waals surface area contributed by atoms with Gasteiger partial charge in [0, 0.05) is 35.5 Å². The summed E-state index contributed by atoms with van der Waals surface area (Å²) in [6, 6.07) is 4.12. The molecule has 2 heterocycles. The fraction of sp³-hybridized carbons (Fsp3) is 0.333. The third kappa shape index (κ3) is 2.06. The zero-order valence-electron chi connectivity index (χ0n) is 9.47. The summed E-state index contributed by atoms with van der Waals surface area (Å²) in [5, 5.41) is 5.57. The first-order chi connectivity index (χ1) is 7.81. The number of halogens is 2. The molecular weight excluding hydrogens is 275 g/mol. The lowest BCUT2D eigenvalue weighted by molar-refractivity contribution is 0.641. The molecule has 92 valence electrons. The molecule has 0 saturated heterocycles. The fourth-order valence-electron chi connectivity index (χ4n) is 2.36. The number of fused-ring (bicyclic) bond motifs is 3. The summed E-state index contributed by atoms with van der Waals surface area (Å²) >= 11 is 7.92. The summed E-state index contributed by atoms with van der Waals surface area (Å²) < 4.78 is 0. The van der Waals surface area contributed by atoms with Gasteiger partial charge in [-0.3, -0.25) is 0 Å². The molecule has 0 saturated carbocycles. The topological polar surface area (TPSA) is 27.8 Å². The highest BCUT2D eigenvalue weighted by molar-refractivity contribution is 7.99. The van der Waals surface area contributed by atoms with Gasteiger partial charge in [-0.15, -0.1) is 24.2 Å². The van der Waals surface area contributed by atoms with E-state index in [0.717, 1.165) is 29.4 Å². The van der Waals surface area contributed by atoms with Crippen LogP contribution in [0, 0.1) is 0 Å². The second-order valence-corrected chi connectivity index (χ2v) is 5.24. The van der Waals surface area contributed by atoms with Crippen molar-refractivity contribution in [1.29, 1.82) is 0 Å². The maximum atomic E-state index is 6.21. The van der Waals surface area contributed by atoms with Crippen LogP contribution >= 0.6 is 35.8 Å². The van der Waals surface area contributed by atoms with Crippen molar-refractivity contribution in [3.63, 3.8) is 0 Å². The summed E-state index contributed by atoms with van der Waals surface area (Å²) in [4.78, 5) is 4.69. The van der Waals surface area contributed by atoms with E-state index in [-0.39, 0.29) is 12.4 Å². The molecule has 0 radical (unpaired) electrons. The first kappa shape index (κ1) is 13.1. The molecule has 2 aromatic rings. The number of benzene rings is 1. The van der Waals surface area contributed by atoms with Crippen molar-refractivity contribution in [3.8, 4) is 0 Å². The number of rotatable bonds is 1. The number of hydrogen-bond acceptors (Lipinski definition) is 2. The van der Waals surface area contributed by atoms with Crippen LogP contribution in [0.25, 0.3) is 10.9 Å². The minimum absolute atomic E-state index is 0. The lowest BCUT2D eigenvalue weighted by Crippen LogP contribution is -2.22. The third-order valence-corrected chi connectivity index (χ3v) is 4.39. The average Bonchev–Trinajstić information content (AvgIpc) is 2.67. The van der Waals surface area contributed by atoms with Crippen LogP contribution in [0.2, 0.25) is 5.02 Å². The molecule has 0 fully saturated rings. The smallest absolute Gasteiger partial charge is 0.0612 e. The molecule has 17 heavy (non-hydrogen) atoms. The van der Waals surface area contributed by atoms with E-state index in [1.165, 1.54) is 22.2 Å². The fourth-order valence-corrected chi connectivity index (χ4v) is 3.38. The van der Waals surface area contributed by atoms with Crippen LogP contribution < -0.4 is 5.32 Å².